The number of hydrogen-bond acceptors (Lipinski definition) is 4. The van der Waals surface area contributed by atoms with Crippen molar-refractivity contribution in [3.8, 4) is 0 Å². The highest BCUT2D eigenvalue weighted by atomic mass is 79.9. The van der Waals surface area contributed by atoms with Crippen molar-refractivity contribution in [2.75, 3.05) is 16.4 Å². The monoisotopic (exact) mass is 444 g/mol. The van der Waals surface area contributed by atoms with Gasteiger partial charge < -0.3 is 4.90 Å². The van der Waals surface area contributed by atoms with E-state index in [-0.39, 0.29) is 28.7 Å². The van der Waals surface area contributed by atoms with Crippen molar-refractivity contribution in [1.29, 1.82) is 0 Å². The molecule has 8 heteroatoms. The number of amidine groups is 1. The van der Waals surface area contributed by atoms with Crippen molar-refractivity contribution in [2.45, 2.75) is 44.9 Å². The zero-order valence-electron chi connectivity index (χ0n) is 14.5. The van der Waals surface area contributed by atoms with Crippen molar-refractivity contribution in [2.24, 2.45) is 4.99 Å². The lowest BCUT2D eigenvalue weighted by atomic mass is 10.1. The SMILES string of the molecule is CCCC(=O)N=C1S[C@H]2CS(=O)(=O)C[C@@H]2N1c1c(C)cc(Br)cc1C. The number of benzene rings is 1. The number of hydrogen-bond donors (Lipinski definition) is 0. The molecule has 0 N–H and O–H groups in total. The number of nitrogens with zero attached hydrogens (tertiary/aromatic N) is 2. The number of carbonyl (C=O) groups is 1. The Morgan fingerprint density at radius 3 is 2.56 bits per heavy atom. The molecule has 25 heavy (non-hydrogen) atoms. The predicted molar refractivity (Wildman–Crippen MR) is 107 cm³/mol. The lowest BCUT2D eigenvalue weighted by molar-refractivity contribution is -0.117. The second-order valence-corrected chi connectivity index (χ2v) is 10.9. The highest BCUT2D eigenvalue weighted by Crippen LogP contribution is 2.43. The van der Waals surface area contributed by atoms with Crippen molar-refractivity contribution in [3.63, 3.8) is 0 Å². The Labute approximate surface area is 161 Å². The van der Waals surface area contributed by atoms with Crippen LogP contribution in [0.4, 0.5) is 5.69 Å². The number of thioether (sulfide) groups is 1. The second-order valence-electron chi connectivity index (χ2n) is 6.60. The molecule has 136 valence electrons. The van der Waals surface area contributed by atoms with Gasteiger partial charge >= 0.3 is 0 Å². The first-order valence-corrected chi connectivity index (χ1v) is 11.8. The largest absolute Gasteiger partial charge is 0.315 e. The van der Waals surface area contributed by atoms with Gasteiger partial charge in [0.2, 0.25) is 5.91 Å². The zero-order chi connectivity index (χ0) is 18.4. The van der Waals surface area contributed by atoms with Gasteiger partial charge in [-0.25, -0.2) is 8.42 Å². The molecule has 2 atom stereocenters. The van der Waals surface area contributed by atoms with E-state index in [1.54, 1.807) is 0 Å². The first kappa shape index (κ1) is 18.9. The molecule has 2 saturated heterocycles. The van der Waals surface area contributed by atoms with E-state index >= 15 is 0 Å². The van der Waals surface area contributed by atoms with Crippen molar-refractivity contribution in [1.82, 2.24) is 0 Å². The topological polar surface area (TPSA) is 66.8 Å². The summed E-state index contributed by atoms with van der Waals surface area (Å²) in [5, 5.41) is 0.567. The Morgan fingerprint density at radius 1 is 1.32 bits per heavy atom. The van der Waals surface area contributed by atoms with Crippen LogP contribution in [0.25, 0.3) is 0 Å². The molecule has 5 nitrogen and oxygen atoms in total. The molecule has 1 aromatic rings. The van der Waals surface area contributed by atoms with Crippen LogP contribution in [0.1, 0.15) is 30.9 Å². The van der Waals surface area contributed by atoms with E-state index in [2.05, 4.69) is 20.9 Å². The van der Waals surface area contributed by atoms with E-state index in [0.717, 1.165) is 27.7 Å². The summed E-state index contributed by atoms with van der Waals surface area (Å²) in [7, 11) is -3.05. The van der Waals surface area contributed by atoms with Crippen LogP contribution in [0.5, 0.6) is 0 Å². The van der Waals surface area contributed by atoms with Gasteiger partial charge in [0.25, 0.3) is 0 Å². The second kappa shape index (κ2) is 7.04. The minimum atomic E-state index is -3.05. The minimum absolute atomic E-state index is 0.0689. The number of aryl methyl sites for hydroxylation is 2. The molecule has 2 aliphatic heterocycles. The molecule has 0 aromatic heterocycles. The van der Waals surface area contributed by atoms with Crippen LogP contribution in [0.15, 0.2) is 21.6 Å². The number of halogens is 1. The third kappa shape index (κ3) is 3.80. The summed E-state index contributed by atoms with van der Waals surface area (Å²) in [6, 6.07) is 3.85. The maximum absolute atomic E-state index is 12.1. The van der Waals surface area contributed by atoms with Crippen molar-refractivity contribution >= 4 is 54.3 Å². The Morgan fingerprint density at radius 2 is 1.96 bits per heavy atom. The molecule has 2 heterocycles. The lowest BCUT2D eigenvalue weighted by Crippen LogP contribution is -2.38. The van der Waals surface area contributed by atoms with Gasteiger partial charge in [0.15, 0.2) is 15.0 Å². The summed E-state index contributed by atoms with van der Waals surface area (Å²) in [6.45, 7) is 5.95. The van der Waals surface area contributed by atoms with E-state index in [1.807, 2.05) is 37.8 Å². The molecule has 1 amide bonds. The van der Waals surface area contributed by atoms with Crippen LogP contribution in [0.3, 0.4) is 0 Å². The van der Waals surface area contributed by atoms with E-state index in [0.29, 0.717) is 11.6 Å². The van der Waals surface area contributed by atoms with E-state index < -0.39 is 9.84 Å². The molecule has 3 rings (SSSR count). The fourth-order valence-electron chi connectivity index (χ4n) is 3.49. The van der Waals surface area contributed by atoms with Gasteiger partial charge in [-0.15, -0.1) is 0 Å². The van der Waals surface area contributed by atoms with Gasteiger partial charge in [0, 0.05) is 21.8 Å². The smallest absolute Gasteiger partial charge is 0.248 e. The molecular weight excluding hydrogens is 424 g/mol. The van der Waals surface area contributed by atoms with Crippen LogP contribution in [0, 0.1) is 13.8 Å². The van der Waals surface area contributed by atoms with Crippen LogP contribution < -0.4 is 4.90 Å². The van der Waals surface area contributed by atoms with Gasteiger partial charge in [-0.05, 0) is 43.5 Å². The van der Waals surface area contributed by atoms with Gasteiger partial charge in [-0.1, -0.05) is 34.6 Å². The van der Waals surface area contributed by atoms with E-state index in [9.17, 15) is 13.2 Å². The number of sulfone groups is 1. The highest BCUT2D eigenvalue weighted by molar-refractivity contribution is 9.10. The first-order valence-electron chi connectivity index (χ1n) is 8.26. The third-order valence-corrected chi connectivity index (χ3v) is 8.12. The average Bonchev–Trinajstić information content (AvgIpc) is 2.91. The van der Waals surface area contributed by atoms with Crippen LogP contribution in [-0.2, 0) is 14.6 Å². The van der Waals surface area contributed by atoms with Gasteiger partial charge in [0.1, 0.15) is 0 Å². The summed E-state index contributed by atoms with van der Waals surface area (Å²) in [6.07, 6.45) is 1.15. The fourth-order valence-corrected chi connectivity index (χ4v) is 8.09. The Kier molecular flexibility index (Phi) is 5.33. The number of fused-ring (bicyclic) bond motifs is 1. The first-order chi connectivity index (χ1) is 11.7. The molecule has 0 saturated carbocycles. The molecule has 0 aliphatic carbocycles. The number of aliphatic imine (C=N–C) groups is 1. The van der Waals surface area contributed by atoms with Crippen LogP contribution >= 0.6 is 27.7 Å². The van der Waals surface area contributed by atoms with Gasteiger partial charge in [-0.3, -0.25) is 4.79 Å². The van der Waals surface area contributed by atoms with Gasteiger partial charge in [-0.2, -0.15) is 4.99 Å². The van der Waals surface area contributed by atoms with Crippen LogP contribution in [-0.4, -0.2) is 42.3 Å². The third-order valence-electron chi connectivity index (χ3n) is 4.45. The Balaban J connectivity index is 2.09. The highest BCUT2D eigenvalue weighted by Gasteiger charge is 2.49. The molecule has 0 spiro atoms. The number of anilines is 1. The standard InChI is InChI=1S/C17H21BrN2O3S2/c1-4-5-15(21)19-17-20(13-8-25(22,23)9-14(13)24-17)16-10(2)6-12(18)7-11(16)3/h6-7,13-14H,4-5,8-9H2,1-3H3/t13-,14-/m0/s1. The predicted octanol–water partition coefficient (Wildman–Crippen LogP) is 3.47. The molecule has 0 bridgehead atoms. The Bertz CT molecular complexity index is 828. The fraction of sp³-hybridized carbons (Fsp3) is 0.529. The minimum Gasteiger partial charge on any atom is -0.315 e. The van der Waals surface area contributed by atoms with E-state index in [1.165, 1.54) is 11.8 Å². The zero-order valence-corrected chi connectivity index (χ0v) is 17.7. The molecular formula is C17H21BrN2O3S2. The maximum atomic E-state index is 12.1. The number of rotatable bonds is 3. The molecule has 2 aliphatic rings. The summed E-state index contributed by atoms with van der Waals surface area (Å²) >= 11 is 4.93. The van der Waals surface area contributed by atoms with Crippen molar-refractivity contribution < 1.29 is 13.2 Å². The molecule has 0 unspecified atom stereocenters. The average molecular weight is 445 g/mol. The lowest BCUT2D eigenvalue weighted by Gasteiger charge is -2.28. The summed E-state index contributed by atoms with van der Waals surface area (Å²) in [4.78, 5) is 18.4. The van der Waals surface area contributed by atoms with Crippen LogP contribution in [0.2, 0.25) is 0 Å². The van der Waals surface area contributed by atoms with Gasteiger partial charge in [0.05, 0.1) is 17.5 Å². The summed E-state index contributed by atoms with van der Waals surface area (Å²) in [5.74, 6) is 0.111. The normalized spacial score (nSPS) is 26.2. The number of carbonyl (C=O) groups excluding carboxylic acids is 1. The molecule has 0 radical (unpaired) electrons. The summed E-state index contributed by atoms with van der Waals surface area (Å²) in [5.41, 5.74) is 3.03. The van der Waals surface area contributed by atoms with Crippen molar-refractivity contribution in [3.05, 3.63) is 27.7 Å². The quantitative estimate of drug-likeness (QED) is 0.713. The Hall–Kier alpha value is -0.860. The molecule has 2 fully saturated rings. The number of amides is 1. The van der Waals surface area contributed by atoms with E-state index in [4.69, 9.17) is 0 Å². The molecule has 1 aromatic carbocycles. The summed E-state index contributed by atoms with van der Waals surface area (Å²) < 4.78 is 25.2. The maximum Gasteiger partial charge on any atom is 0.248 e.